The van der Waals surface area contributed by atoms with Crippen LogP contribution in [-0.2, 0) is 14.3 Å². The minimum absolute atomic E-state index is 0.0268. The molecule has 6 rings (SSSR count). The first kappa shape index (κ1) is 37.4. The Morgan fingerprint density at radius 2 is 1.65 bits per heavy atom. The molecule has 0 radical (unpaired) electrons. The molecule has 0 amide bonds. The zero-order chi connectivity index (χ0) is 35.6. The van der Waals surface area contributed by atoms with Crippen molar-refractivity contribution >= 4 is 11.9 Å². The molecule has 5 saturated carbocycles. The summed E-state index contributed by atoms with van der Waals surface area (Å²) in [7, 11) is 0. The Kier molecular flexibility index (Phi) is 10.1. The maximum Gasteiger partial charge on any atom is 0.306 e. The molecular weight excluding hydrogens is 608 g/mol. The van der Waals surface area contributed by atoms with E-state index in [1.165, 1.54) is 82.7 Å². The van der Waals surface area contributed by atoms with Gasteiger partial charge >= 0.3 is 11.9 Å². The number of fused-ring (bicyclic) bond motifs is 7. The van der Waals surface area contributed by atoms with Crippen LogP contribution in [0.15, 0.2) is 12.2 Å². The molecule has 0 spiro atoms. The average molecular weight is 681 g/mol. The number of aliphatic carboxylic acids is 1. The molecule has 0 aromatic rings. The van der Waals surface area contributed by atoms with Gasteiger partial charge in [-0.2, -0.15) is 0 Å². The van der Waals surface area contributed by atoms with Crippen LogP contribution in [-0.4, -0.2) is 48.8 Å². The molecular formula is C43H72N2O4. The summed E-state index contributed by atoms with van der Waals surface area (Å²) >= 11 is 0. The number of rotatable bonds is 11. The van der Waals surface area contributed by atoms with Gasteiger partial charge in [0.15, 0.2) is 0 Å². The van der Waals surface area contributed by atoms with Crippen molar-refractivity contribution in [2.45, 2.75) is 164 Å². The van der Waals surface area contributed by atoms with Gasteiger partial charge in [0, 0.05) is 18.0 Å². The fourth-order valence-corrected chi connectivity index (χ4v) is 14.5. The number of allylic oxidation sites excluding steroid dienone is 1. The number of hydrogen-bond donors (Lipinski definition) is 3. The predicted octanol–water partition coefficient (Wildman–Crippen LogP) is 9.18. The summed E-state index contributed by atoms with van der Waals surface area (Å²) in [5, 5.41) is 16.9. The number of carbonyl (C=O) groups is 2. The number of carbonyl (C=O) groups excluding carboxylic acids is 1. The molecule has 1 saturated heterocycles. The quantitative estimate of drug-likeness (QED) is 0.115. The molecule has 0 aromatic carbocycles. The van der Waals surface area contributed by atoms with Crippen molar-refractivity contribution in [2.75, 3.05) is 19.6 Å². The van der Waals surface area contributed by atoms with E-state index in [1.54, 1.807) is 0 Å². The highest BCUT2D eigenvalue weighted by Crippen LogP contribution is 2.78. The van der Waals surface area contributed by atoms with Gasteiger partial charge in [-0.05, 0) is 160 Å². The normalized spacial score (nSPS) is 44.3. The lowest BCUT2D eigenvalue weighted by Gasteiger charge is -2.73. The van der Waals surface area contributed by atoms with E-state index in [2.05, 4.69) is 58.8 Å². The van der Waals surface area contributed by atoms with E-state index in [0.717, 1.165) is 37.8 Å². The molecule has 5 aliphatic carbocycles. The lowest BCUT2D eigenvalue weighted by Crippen LogP contribution is -2.66. The third kappa shape index (κ3) is 6.37. The predicted molar refractivity (Wildman–Crippen MR) is 198 cm³/mol. The molecule has 1 heterocycles. The molecule has 6 unspecified atom stereocenters. The van der Waals surface area contributed by atoms with Crippen LogP contribution in [0, 0.1) is 62.1 Å². The van der Waals surface area contributed by atoms with E-state index < -0.39 is 11.4 Å². The summed E-state index contributed by atoms with van der Waals surface area (Å²) in [5.41, 5.74) is 2.04. The zero-order valence-electron chi connectivity index (χ0n) is 32.6. The molecule has 3 N–H and O–H groups in total. The number of esters is 1. The fraction of sp³-hybridized carbons (Fsp3) is 0.907. The van der Waals surface area contributed by atoms with Gasteiger partial charge in [0.25, 0.3) is 0 Å². The number of nitrogens with one attached hydrogen (secondary N) is 2. The van der Waals surface area contributed by atoms with Gasteiger partial charge in [0.05, 0.1) is 12.8 Å². The van der Waals surface area contributed by atoms with Crippen molar-refractivity contribution in [2.24, 2.45) is 62.1 Å². The Bertz CT molecular complexity index is 1270. The van der Waals surface area contributed by atoms with Crippen molar-refractivity contribution in [3.63, 3.8) is 0 Å². The second kappa shape index (κ2) is 13.2. The first-order valence-corrected chi connectivity index (χ1v) is 20.4. The Morgan fingerprint density at radius 3 is 2.33 bits per heavy atom. The van der Waals surface area contributed by atoms with Crippen molar-refractivity contribution in [3.8, 4) is 0 Å². The Morgan fingerprint density at radius 1 is 0.898 bits per heavy atom. The van der Waals surface area contributed by atoms with E-state index >= 15 is 0 Å². The van der Waals surface area contributed by atoms with Crippen molar-refractivity contribution in [1.82, 2.24) is 10.6 Å². The van der Waals surface area contributed by atoms with Crippen LogP contribution in [0.25, 0.3) is 0 Å². The number of hydrogen-bond acceptors (Lipinski definition) is 5. The number of carboxylic acids is 1. The maximum absolute atomic E-state index is 13.2. The molecule has 0 aromatic heterocycles. The second-order valence-corrected chi connectivity index (χ2v) is 20.5. The maximum atomic E-state index is 13.2. The molecule has 6 nitrogen and oxygen atoms in total. The van der Waals surface area contributed by atoms with E-state index in [4.69, 9.17) is 4.74 Å². The third-order valence-electron chi connectivity index (χ3n) is 17.1. The topological polar surface area (TPSA) is 87.7 Å². The average Bonchev–Trinajstić information content (AvgIpc) is 3.65. The van der Waals surface area contributed by atoms with Crippen LogP contribution >= 0.6 is 0 Å². The molecule has 6 fully saturated rings. The number of carboxylic acid groups (broad SMARTS) is 1. The Labute approximate surface area is 299 Å². The molecule has 6 heteroatoms. The summed E-state index contributed by atoms with van der Waals surface area (Å²) in [4.78, 5) is 24.6. The Hall–Kier alpha value is -1.40. The van der Waals surface area contributed by atoms with E-state index in [0.29, 0.717) is 40.0 Å². The highest BCUT2D eigenvalue weighted by Gasteiger charge is 2.71. The SMILES string of the molecule is C=C(C)C1CC[C@]2(CCNCC3CCCN3)CC[C@]3(C)[C@H](CCC4[C@@]5(C)CCC(OC(=O)CC(C)(C)CC(=O)O)C(C)(C)C5CC[C@]43C)C12. The van der Waals surface area contributed by atoms with Crippen LogP contribution in [0.2, 0.25) is 0 Å². The van der Waals surface area contributed by atoms with E-state index in [1.807, 2.05) is 13.8 Å². The van der Waals surface area contributed by atoms with Crippen LogP contribution in [0.4, 0.5) is 0 Å². The van der Waals surface area contributed by atoms with Crippen molar-refractivity contribution < 1.29 is 19.4 Å². The lowest BCUT2D eigenvalue weighted by molar-refractivity contribution is -0.250. The van der Waals surface area contributed by atoms with Crippen LogP contribution in [0.5, 0.6) is 0 Å². The summed E-state index contributed by atoms with van der Waals surface area (Å²) in [6.07, 6.45) is 16.6. The van der Waals surface area contributed by atoms with Crippen LogP contribution in [0.1, 0.15) is 152 Å². The first-order chi connectivity index (χ1) is 22.9. The Balaban J connectivity index is 1.19. The van der Waals surface area contributed by atoms with Crippen LogP contribution in [0.3, 0.4) is 0 Å². The van der Waals surface area contributed by atoms with Gasteiger partial charge < -0.3 is 20.5 Å². The van der Waals surface area contributed by atoms with Crippen LogP contribution < -0.4 is 10.6 Å². The van der Waals surface area contributed by atoms with Crippen molar-refractivity contribution in [1.29, 1.82) is 0 Å². The lowest BCUT2D eigenvalue weighted by atomic mass is 9.32. The monoisotopic (exact) mass is 681 g/mol. The van der Waals surface area contributed by atoms with Gasteiger partial charge in [-0.3, -0.25) is 9.59 Å². The standard InChI is InChI=1S/C43H72N2O4/c1-28(2)30-14-19-43(22-24-44-27-29-11-10-23-45-29)21-20-41(8)31(37(30)43)12-13-33-40(7)17-16-34(39(5,6)32(40)15-18-42(33,41)9)49-36(48)26-38(3,4)25-35(46)47/h29-34,37,44-45H,1,10-27H2,2-9H3,(H,46,47)/t29?,30?,31-,32?,33?,34?,37?,40+,41-,42-,43-/m1/s1. The first-order valence-electron chi connectivity index (χ1n) is 20.4. The van der Waals surface area contributed by atoms with Crippen molar-refractivity contribution in [3.05, 3.63) is 12.2 Å². The zero-order valence-corrected chi connectivity index (χ0v) is 32.6. The largest absolute Gasteiger partial charge is 0.481 e. The molecule has 1 aliphatic heterocycles. The van der Waals surface area contributed by atoms with Gasteiger partial charge in [0.2, 0.25) is 0 Å². The summed E-state index contributed by atoms with van der Waals surface area (Å²) in [5.74, 6) is 2.28. The minimum atomic E-state index is -0.865. The molecule has 11 atom stereocenters. The van der Waals surface area contributed by atoms with Gasteiger partial charge in [0.1, 0.15) is 6.10 Å². The molecule has 0 bridgehead atoms. The fourth-order valence-electron chi connectivity index (χ4n) is 14.5. The number of ether oxygens (including phenoxy) is 1. The minimum Gasteiger partial charge on any atom is -0.481 e. The van der Waals surface area contributed by atoms with E-state index in [-0.39, 0.29) is 35.7 Å². The second-order valence-electron chi connectivity index (χ2n) is 20.5. The molecule has 6 aliphatic rings. The summed E-state index contributed by atoms with van der Waals surface area (Å²) in [6, 6.07) is 0.657. The molecule has 278 valence electrons. The van der Waals surface area contributed by atoms with E-state index in [9.17, 15) is 14.7 Å². The van der Waals surface area contributed by atoms with Gasteiger partial charge in [-0.25, -0.2) is 0 Å². The highest BCUT2D eigenvalue weighted by molar-refractivity contribution is 5.73. The molecule has 49 heavy (non-hydrogen) atoms. The van der Waals surface area contributed by atoms with Gasteiger partial charge in [-0.15, -0.1) is 0 Å². The summed E-state index contributed by atoms with van der Waals surface area (Å²) in [6.45, 7) is 26.9. The van der Waals surface area contributed by atoms with Gasteiger partial charge in [-0.1, -0.05) is 60.6 Å². The third-order valence-corrected chi connectivity index (χ3v) is 17.1. The highest BCUT2D eigenvalue weighted by atomic mass is 16.5. The summed E-state index contributed by atoms with van der Waals surface area (Å²) < 4.78 is 6.30. The smallest absolute Gasteiger partial charge is 0.306 e.